The fraction of sp³-hybridized carbons (Fsp3) is 0.636. The Morgan fingerprint density at radius 3 is 2.36 bits per heavy atom. The maximum atomic E-state index is 12.7. The maximum absolute atomic E-state index is 12.7. The molecule has 1 heterocycles. The number of nitrogens with zero attached hydrogens (tertiary/aromatic N) is 1. The average Bonchev–Trinajstić information content (AvgIpc) is 3.06. The standard InChI is InChI=1S/C22H32N2O4/c1-14-8-7-9-15(10-14)27-13-22(5,6)23-19(25)18-16-11-24(12-17(16)18)20(26)28-21(2,3)4/h7-10,16-18H,11-13H2,1-6H3,(H,23,25). The molecule has 1 saturated carbocycles. The molecule has 2 fully saturated rings. The SMILES string of the molecule is Cc1cccc(OCC(C)(C)NC(=O)C2C3CN(C(=O)OC(C)(C)C)CC32)c1. The second-order valence-corrected chi connectivity index (χ2v) is 9.72. The minimum absolute atomic E-state index is 0.0167. The molecule has 0 bridgehead atoms. The zero-order valence-electron chi connectivity index (χ0n) is 17.7. The molecule has 28 heavy (non-hydrogen) atoms. The molecule has 1 aromatic rings. The van der Waals surface area contributed by atoms with E-state index in [-0.39, 0.29) is 29.8 Å². The number of carbonyl (C=O) groups is 2. The monoisotopic (exact) mass is 388 g/mol. The first-order valence-electron chi connectivity index (χ1n) is 9.95. The summed E-state index contributed by atoms with van der Waals surface area (Å²) in [6.07, 6.45) is -0.286. The van der Waals surface area contributed by atoms with Gasteiger partial charge in [0.05, 0.1) is 5.54 Å². The van der Waals surface area contributed by atoms with Crippen molar-refractivity contribution in [3.63, 3.8) is 0 Å². The van der Waals surface area contributed by atoms with Crippen LogP contribution in [0.2, 0.25) is 0 Å². The number of rotatable bonds is 5. The highest BCUT2D eigenvalue weighted by atomic mass is 16.6. The van der Waals surface area contributed by atoms with Crippen molar-refractivity contribution in [1.29, 1.82) is 0 Å². The van der Waals surface area contributed by atoms with Crippen molar-refractivity contribution < 1.29 is 19.1 Å². The van der Waals surface area contributed by atoms with Crippen LogP contribution in [0.25, 0.3) is 0 Å². The lowest BCUT2D eigenvalue weighted by Crippen LogP contribution is -2.49. The zero-order valence-corrected chi connectivity index (χ0v) is 17.7. The van der Waals surface area contributed by atoms with E-state index in [0.29, 0.717) is 19.7 Å². The van der Waals surface area contributed by atoms with Gasteiger partial charge in [0, 0.05) is 19.0 Å². The highest BCUT2D eigenvalue weighted by Gasteiger charge is 2.61. The molecule has 1 aliphatic carbocycles. The van der Waals surface area contributed by atoms with Crippen molar-refractivity contribution in [2.45, 2.75) is 52.7 Å². The van der Waals surface area contributed by atoms with E-state index in [1.165, 1.54) is 0 Å². The van der Waals surface area contributed by atoms with E-state index in [2.05, 4.69) is 5.32 Å². The van der Waals surface area contributed by atoms with Gasteiger partial charge in [0.1, 0.15) is 18.0 Å². The summed E-state index contributed by atoms with van der Waals surface area (Å²) in [6, 6.07) is 7.88. The fourth-order valence-electron chi connectivity index (χ4n) is 3.81. The van der Waals surface area contributed by atoms with Crippen molar-refractivity contribution >= 4 is 12.0 Å². The molecule has 0 spiro atoms. The van der Waals surface area contributed by atoms with E-state index >= 15 is 0 Å². The summed E-state index contributed by atoms with van der Waals surface area (Å²) in [6.45, 7) is 13.1. The smallest absolute Gasteiger partial charge is 0.410 e. The van der Waals surface area contributed by atoms with Gasteiger partial charge in [-0.2, -0.15) is 0 Å². The lowest BCUT2D eigenvalue weighted by Gasteiger charge is -2.28. The first kappa shape index (κ1) is 20.5. The Morgan fingerprint density at radius 2 is 1.79 bits per heavy atom. The highest BCUT2D eigenvalue weighted by Crippen LogP contribution is 2.52. The molecule has 2 unspecified atom stereocenters. The molecule has 0 radical (unpaired) electrons. The van der Waals surface area contributed by atoms with Crippen molar-refractivity contribution in [2.75, 3.05) is 19.7 Å². The number of likely N-dealkylation sites (tertiary alicyclic amines) is 1. The van der Waals surface area contributed by atoms with Gasteiger partial charge in [-0.05, 0) is 71.1 Å². The van der Waals surface area contributed by atoms with Gasteiger partial charge < -0.3 is 19.7 Å². The van der Waals surface area contributed by atoms with Gasteiger partial charge in [-0.25, -0.2) is 4.79 Å². The van der Waals surface area contributed by atoms with E-state index in [9.17, 15) is 9.59 Å². The second-order valence-electron chi connectivity index (χ2n) is 9.72. The fourth-order valence-corrected chi connectivity index (χ4v) is 3.81. The molecule has 6 nitrogen and oxygen atoms in total. The third-order valence-electron chi connectivity index (χ3n) is 5.20. The second kappa shape index (κ2) is 7.30. The van der Waals surface area contributed by atoms with Crippen LogP contribution in [0.3, 0.4) is 0 Å². The lowest BCUT2D eigenvalue weighted by molar-refractivity contribution is -0.125. The number of nitrogens with one attached hydrogen (secondary N) is 1. The summed E-state index contributed by atoms with van der Waals surface area (Å²) in [5.74, 6) is 1.31. The first-order chi connectivity index (χ1) is 13.0. The number of hydrogen-bond donors (Lipinski definition) is 1. The summed E-state index contributed by atoms with van der Waals surface area (Å²) in [7, 11) is 0. The van der Waals surface area contributed by atoms with Crippen LogP contribution in [0.15, 0.2) is 24.3 Å². The van der Waals surface area contributed by atoms with Crippen LogP contribution >= 0.6 is 0 Å². The number of piperidine rings is 1. The van der Waals surface area contributed by atoms with Crippen LogP contribution in [0, 0.1) is 24.7 Å². The van der Waals surface area contributed by atoms with E-state index in [1.54, 1.807) is 4.90 Å². The van der Waals surface area contributed by atoms with E-state index in [4.69, 9.17) is 9.47 Å². The molecule has 1 N–H and O–H groups in total. The van der Waals surface area contributed by atoms with Crippen LogP contribution in [-0.2, 0) is 9.53 Å². The highest BCUT2D eigenvalue weighted by molar-refractivity contribution is 5.84. The largest absolute Gasteiger partial charge is 0.491 e. The van der Waals surface area contributed by atoms with E-state index in [1.807, 2.05) is 65.8 Å². The van der Waals surface area contributed by atoms with Gasteiger partial charge in [-0.3, -0.25) is 4.79 Å². The van der Waals surface area contributed by atoms with Gasteiger partial charge in [-0.1, -0.05) is 12.1 Å². The van der Waals surface area contributed by atoms with Crippen molar-refractivity contribution in [2.24, 2.45) is 17.8 Å². The summed E-state index contributed by atoms with van der Waals surface area (Å²) in [5, 5.41) is 3.12. The van der Waals surface area contributed by atoms with E-state index in [0.717, 1.165) is 11.3 Å². The number of fused-ring (bicyclic) bond motifs is 1. The van der Waals surface area contributed by atoms with Crippen molar-refractivity contribution in [3.05, 3.63) is 29.8 Å². The summed E-state index contributed by atoms with van der Waals surface area (Å²) < 4.78 is 11.3. The number of benzene rings is 1. The lowest BCUT2D eigenvalue weighted by atomic mass is 10.1. The Balaban J connectivity index is 1.46. The molecule has 3 rings (SSSR count). The third-order valence-corrected chi connectivity index (χ3v) is 5.20. The Bertz CT molecular complexity index is 741. The molecular weight excluding hydrogens is 356 g/mol. The van der Waals surface area contributed by atoms with Crippen LogP contribution in [0.1, 0.15) is 40.2 Å². The van der Waals surface area contributed by atoms with Crippen LogP contribution in [0.4, 0.5) is 4.79 Å². The first-order valence-corrected chi connectivity index (χ1v) is 9.95. The van der Waals surface area contributed by atoms with Gasteiger partial charge in [0.15, 0.2) is 0 Å². The van der Waals surface area contributed by atoms with Gasteiger partial charge in [0.2, 0.25) is 5.91 Å². The Hall–Kier alpha value is -2.24. The minimum Gasteiger partial charge on any atom is -0.491 e. The summed E-state index contributed by atoms with van der Waals surface area (Å²) >= 11 is 0. The van der Waals surface area contributed by atoms with Crippen molar-refractivity contribution in [3.8, 4) is 5.75 Å². The van der Waals surface area contributed by atoms with Crippen LogP contribution in [-0.4, -0.2) is 47.7 Å². The average molecular weight is 389 g/mol. The minimum atomic E-state index is -0.498. The number of ether oxygens (including phenoxy) is 2. The summed E-state index contributed by atoms with van der Waals surface area (Å²) in [4.78, 5) is 26.6. The number of aryl methyl sites for hydroxylation is 1. The van der Waals surface area contributed by atoms with Gasteiger partial charge >= 0.3 is 6.09 Å². The molecule has 2 aliphatic rings. The molecule has 2 amide bonds. The molecule has 154 valence electrons. The van der Waals surface area contributed by atoms with Gasteiger partial charge in [0.25, 0.3) is 0 Å². The predicted molar refractivity (Wildman–Crippen MR) is 107 cm³/mol. The Kier molecular flexibility index (Phi) is 5.34. The molecule has 1 saturated heterocycles. The Labute approximate surface area is 167 Å². The van der Waals surface area contributed by atoms with Crippen LogP contribution < -0.4 is 10.1 Å². The molecule has 6 heteroatoms. The molecule has 1 aromatic carbocycles. The molecule has 2 atom stereocenters. The summed E-state index contributed by atoms with van der Waals surface area (Å²) in [5.41, 5.74) is 0.171. The third kappa shape index (κ3) is 4.97. The van der Waals surface area contributed by atoms with Crippen molar-refractivity contribution in [1.82, 2.24) is 10.2 Å². The number of carbonyl (C=O) groups excluding carboxylic acids is 2. The number of amides is 2. The van der Waals surface area contributed by atoms with Gasteiger partial charge in [-0.15, -0.1) is 0 Å². The molecule has 0 aromatic heterocycles. The number of hydrogen-bond acceptors (Lipinski definition) is 4. The van der Waals surface area contributed by atoms with E-state index < -0.39 is 11.1 Å². The maximum Gasteiger partial charge on any atom is 0.410 e. The Morgan fingerprint density at radius 1 is 1.14 bits per heavy atom. The zero-order chi connectivity index (χ0) is 20.7. The quantitative estimate of drug-likeness (QED) is 0.840. The molecular formula is C22H32N2O4. The predicted octanol–water partition coefficient (Wildman–Crippen LogP) is 3.38. The topological polar surface area (TPSA) is 67.9 Å². The normalized spacial score (nSPS) is 23.8. The molecule has 1 aliphatic heterocycles. The van der Waals surface area contributed by atoms with Crippen LogP contribution in [0.5, 0.6) is 5.75 Å².